The third-order valence-electron chi connectivity index (χ3n) is 3.99. The SMILES string of the molecule is CC(C)CNC(=O)[C@H]1CCCN(C(=O)CCc2cccs2)C1. The second-order valence-corrected chi connectivity index (χ2v) is 7.43. The molecule has 122 valence electrons. The largest absolute Gasteiger partial charge is 0.356 e. The number of hydrogen-bond acceptors (Lipinski definition) is 3. The van der Waals surface area contributed by atoms with Crippen molar-refractivity contribution in [3.63, 3.8) is 0 Å². The fourth-order valence-corrected chi connectivity index (χ4v) is 3.42. The van der Waals surface area contributed by atoms with E-state index in [-0.39, 0.29) is 17.7 Å². The lowest BCUT2D eigenvalue weighted by Gasteiger charge is -2.32. The zero-order valence-electron chi connectivity index (χ0n) is 13.5. The summed E-state index contributed by atoms with van der Waals surface area (Å²) in [6.07, 6.45) is 3.15. The molecule has 0 saturated carbocycles. The molecule has 0 bridgehead atoms. The molecule has 22 heavy (non-hydrogen) atoms. The minimum absolute atomic E-state index is 0.0433. The summed E-state index contributed by atoms with van der Waals surface area (Å²) in [7, 11) is 0. The summed E-state index contributed by atoms with van der Waals surface area (Å²) in [5.41, 5.74) is 0. The summed E-state index contributed by atoms with van der Waals surface area (Å²) in [5, 5.41) is 5.03. The normalized spacial score (nSPS) is 18.5. The van der Waals surface area contributed by atoms with Gasteiger partial charge < -0.3 is 10.2 Å². The van der Waals surface area contributed by atoms with Gasteiger partial charge >= 0.3 is 0 Å². The molecule has 1 aromatic heterocycles. The molecule has 1 atom stereocenters. The van der Waals surface area contributed by atoms with E-state index in [9.17, 15) is 9.59 Å². The first-order chi connectivity index (χ1) is 10.6. The number of nitrogens with zero attached hydrogens (tertiary/aromatic N) is 1. The molecular weight excluding hydrogens is 296 g/mol. The Morgan fingerprint density at radius 2 is 2.27 bits per heavy atom. The highest BCUT2D eigenvalue weighted by atomic mass is 32.1. The van der Waals surface area contributed by atoms with Gasteiger partial charge in [-0.2, -0.15) is 0 Å². The van der Waals surface area contributed by atoms with E-state index in [1.54, 1.807) is 11.3 Å². The van der Waals surface area contributed by atoms with E-state index in [1.807, 2.05) is 16.3 Å². The smallest absolute Gasteiger partial charge is 0.224 e. The van der Waals surface area contributed by atoms with Crippen LogP contribution in [0.15, 0.2) is 17.5 Å². The Kier molecular flexibility index (Phi) is 6.43. The molecule has 2 heterocycles. The number of thiophene rings is 1. The highest BCUT2D eigenvalue weighted by molar-refractivity contribution is 7.09. The number of hydrogen-bond donors (Lipinski definition) is 1. The standard InChI is InChI=1S/C17H26N2O2S/c1-13(2)11-18-17(21)14-5-3-9-19(12-14)16(20)8-7-15-6-4-10-22-15/h4,6,10,13-14H,3,5,7-9,11-12H2,1-2H3,(H,18,21)/t14-/m0/s1. The minimum Gasteiger partial charge on any atom is -0.356 e. The van der Waals surface area contributed by atoms with E-state index in [0.29, 0.717) is 25.4 Å². The van der Waals surface area contributed by atoms with Crippen molar-refractivity contribution < 1.29 is 9.59 Å². The quantitative estimate of drug-likeness (QED) is 0.875. The molecule has 1 aliphatic heterocycles. The molecule has 0 aliphatic carbocycles. The Morgan fingerprint density at radius 1 is 1.45 bits per heavy atom. The molecule has 2 rings (SSSR count). The molecule has 0 unspecified atom stereocenters. The first-order valence-corrected chi connectivity index (χ1v) is 9.02. The highest BCUT2D eigenvalue weighted by Gasteiger charge is 2.28. The van der Waals surface area contributed by atoms with Crippen molar-refractivity contribution in [3.8, 4) is 0 Å². The Hall–Kier alpha value is -1.36. The summed E-state index contributed by atoms with van der Waals surface area (Å²) in [6, 6.07) is 4.08. The molecule has 0 radical (unpaired) electrons. The summed E-state index contributed by atoms with van der Waals surface area (Å²) in [6.45, 7) is 6.25. The van der Waals surface area contributed by atoms with Crippen molar-refractivity contribution in [3.05, 3.63) is 22.4 Å². The van der Waals surface area contributed by atoms with Crippen molar-refractivity contribution >= 4 is 23.2 Å². The number of nitrogens with one attached hydrogen (secondary N) is 1. The fraction of sp³-hybridized carbons (Fsp3) is 0.647. The van der Waals surface area contributed by atoms with E-state index >= 15 is 0 Å². The predicted octanol–water partition coefficient (Wildman–Crippen LogP) is 2.69. The van der Waals surface area contributed by atoms with Crippen molar-refractivity contribution in [1.82, 2.24) is 10.2 Å². The lowest BCUT2D eigenvalue weighted by molar-refractivity contribution is -0.135. The average Bonchev–Trinajstić information content (AvgIpc) is 3.03. The van der Waals surface area contributed by atoms with Gasteiger partial charge in [0.15, 0.2) is 0 Å². The number of carbonyl (C=O) groups excluding carboxylic acids is 2. The molecule has 1 N–H and O–H groups in total. The van der Waals surface area contributed by atoms with Crippen LogP contribution < -0.4 is 5.32 Å². The van der Waals surface area contributed by atoms with Gasteiger partial charge in [0.2, 0.25) is 11.8 Å². The monoisotopic (exact) mass is 322 g/mol. The lowest BCUT2D eigenvalue weighted by atomic mass is 9.96. The van der Waals surface area contributed by atoms with Crippen LogP contribution in [0.1, 0.15) is 38.0 Å². The van der Waals surface area contributed by atoms with Gasteiger partial charge in [-0.3, -0.25) is 9.59 Å². The number of aryl methyl sites for hydroxylation is 1. The maximum atomic E-state index is 12.3. The van der Waals surface area contributed by atoms with Crippen molar-refractivity contribution in [1.29, 1.82) is 0 Å². The van der Waals surface area contributed by atoms with Gasteiger partial charge in [-0.15, -0.1) is 11.3 Å². The lowest BCUT2D eigenvalue weighted by Crippen LogP contribution is -2.46. The van der Waals surface area contributed by atoms with Crippen LogP contribution in [-0.2, 0) is 16.0 Å². The summed E-state index contributed by atoms with van der Waals surface area (Å²) >= 11 is 1.69. The average molecular weight is 322 g/mol. The van der Waals surface area contributed by atoms with Crippen molar-refractivity contribution in [2.75, 3.05) is 19.6 Å². The maximum Gasteiger partial charge on any atom is 0.224 e. The van der Waals surface area contributed by atoms with Gasteiger partial charge in [0.05, 0.1) is 5.92 Å². The van der Waals surface area contributed by atoms with Gasteiger partial charge in [0, 0.05) is 30.9 Å². The topological polar surface area (TPSA) is 49.4 Å². The first-order valence-electron chi connectivity index (χ1n) is 8.14. The summed E-state index contributed by atoms with van der Waals surface area (Å²) < 4.78 is 0. The second kappa shape index (κ2) is 8.32. The Labute approximate surface area is 136 Å². The third kappa shape index (κ3) is 5.13. The Balaban J connectivity index is 1.79. The van der Waals surface area contributed by atoms with Crippen LogP contribution in [0.25, 0.3) is 0 Å². The number of rotatable bonds is 6. The first kappa shape index (κ1) is 17.0. The maximum absolute atomic E-state index is 12.3. The minimum atomic E-state index is -0.0433. The summed E-state index contributed by atoms with van der Waals surface area (Å²) in [5.74, 6) is 0.688. The van der Waals surface area contributed by atoms with Crippen LogP contribution in [0, 0.1) is 11.8 Å². The zero-order chi connectivity index (χ0) is 15.9. The predicted molar refractivity (Wildman–Crippen MR) is 89.8 cm³/mol. The van der Waals surface area contributed by atoms with E-state index in [1.165, 1.54) is 4.88 Å². The summed E-state index contributed by atoms with van der Waals surface area (Å²) in [4.78, 5) is 27.6. The van der Waals surface area contributed by atoms with E-state index in [2.05, 4.69) is 25.2 Å². The second-order valence-electron chi connectivity index (χ2n) is 6.40. The van der Waals surface area contributed by atoms with Gasteiger partial charge in [-0.1, -0.05) is 19.9 Å². The molecule has 2 amide bonds. The van der Waals surface area contributed by atoms with Gasteiger partial charge in [-0.25, -0.2) is 0 Å². The molecule has 1 aromatic rings. The van der Waals surface area contributed by atoms with E-state index in [4.69, 9.17) is 0 Å². The van der Waals surface area contributed by atoms with Crippen molar-refractivity contribution in [2.24, 2.45) is 11.8 Å². The van der Waals surface area contributed by atoms with Crippen LogP contribution in [0.5, 0.6) is 0 Å². The number of amides is 2. The number of carbonyl (C=O) groups is 2. The zero-order valence-corrected chi connectivity index (χ0v) is 14.3. The fourth-order valence-electron chi connectivity index (χ4n) is 2.71. The van der Waals surface area contributed by atoms with Crippen molar-refractivity contribution in [2.45, 2.75) is 39.5 Å². The molecule has 1 saturated heterocycles. The van der Waals surface area contributed by atoms with Gasteiger partial charge in [-0.05, 0) is 36.6 Å². The number of piperidine rings is 1. The van der Waals surface area contributed by atoms with Crippen LogP contribution in [0.4, 0.5) is 0 Å². The highest BCUT2D eigenvalue weighted by Crippen LogP contribution is 2.19. The molecule has 0 aromatic carbocycles. The molecule has 1 aliphatic rings. The molecule has 1 fully saturated rings. The van der Waals surface area contributed by atoms with Crippen LogP contribution in [-0.4, -0.2) is 36.3 Å². The van der Waals surface area contributed by atoms with Gasteiger partial charge in [0.1, 0.15) is 0 Å². The van der Waals surface area contributed by atoms with Crippen LogP contribution in [0.3, 0.4) is 0 Å². The third-order valence-corrected chi connectivity index (χ3v) is 4.93. The van der Waals surface area contributed by atoms with E-state index < -0.39 is 0 Å². The van der Waals surface area contributed by atoms with Crippen LogP contribution in [0.2, 0.25) is 0 Å². The van der Waals surface area contributed by atoms with Gasteiger partial charge in [0.25, 0.3) is 0 Å². The molecular formula is C17H26N2O2S. The number of likely N-dealkylation sites (tertiary alicyclic amines) is 1. The Bertz CT molecular complexity index is 485. The van der Waals surface area contributed by atoms with Crippen LogP contribution >= 0.6 is 11.3 Å². The molecule has 0 spiro atoms. The Morgan fingerprint density at radius 3 is 2.95 bits per heavy atom. The molecule has 4 nitrogen and oxygen atoms in total. The molecule has 5 heteroatoms. The van der Waals surface area contributed by atoms with E-state index in [0.717, 1.165) is 25.8 Å².